The normalized spacial score (nSPS) is 19.5. The summed E-state index contributed by atoms with van der Waals surface area (Å²) in [7, 11) is 0. The first-order valence-corrected chi connectivity index (χ1v) is 7.87. The molecule has 1 atom stereocenters. The Bertz CT molecular complexity index is 822. The molecule has 2 aromatic rings. The van der Waals surface area contributed by atoms with E-state index in [0.717, 1.165) is 12.1 Å². The largest absolute Gasteiger partial charge is 0.375 e. The van der Waals surface area contributed by atoms with E-state index in [4.69, 9.17) is 11.6 Å². The van der Waals surface area contributed by atoms with Crippen LogP contribution in [0.25, 0.3) is 0 Å². The molecule has 1 aliphatic heterocycles. The number of aliphatic hydroxyl groups is 1. The molecule has 0 spiro atoms. The fourth-order valence-corrected chi connectivity index (χ4v) is 3.15. The topological polar surface area (TPSA) is 57.6 Å². The molecule has 4 nitrogen and oxygen atoms in total. The minimum Gasteiger partial charge on any atom is -0.375 e. The van der Waals surface area contributed by atoms with E-state index in [-0.39, 0.29) is 5.56 Å². The molecule has 0 saturated heterocycles. The number of benzene rings is 2. The van der Waals surface area contributed by atoms with Crippen molar-refractivity contribution >= 4 is 29.0 Å². The summed E-state index contributed by atoms with van der Waals surface area (Å²) >= 11 is 5.99. The standard InChI is InChI=1S/C18H15ClFNO3/c1-2-21-15-8-5-12(19)9-14(15)18(24,17(21)23)10-16(22)11-3-6-13(20)7-4-11/h3-9,24H,2,10H2,1H3/t18-/m0/s1. The van der Waals surface area contributed by atoms with E-state index in [1.54, 1.807) is 19.1 Å². The van der Waals surface area contributed by atoms with Gasteiger partial charge in [0.05, 0.1) is 12.1 Å². The zero-order valence-electron chi connectivity index (χ0n) is 12.9. The first-order chi connectivity index (χ1) is 11.4. The molecule has 1 aliphatic rings. The zero-order chi connectivity index (χ0) is 17.5. The molecule has 0 unspecified atom stereocenters. The van der Waals surface area contributed by atoms with E-state index >= 15 is 0 Å². The lowest BCUT2D eigenvalue weighted by Crippen LogP contribution is -2.41. The number of rotatable bonds is 4. The number of nitrogens with zero attached hydrogens (tertiary/aromatic N) is 1. The average Bonchev–Trinajstić information content (AvgIpc) is 2.76. The van der Waals surface area contributed by atoms with Crippen LogP contribution in [0.15, 0.2) is 42.5 Å². The van der Waals surface area contributed by atoms with Crippen LogP contribution in [0.5, 0.6) is 0 Å². The fourth-order valence-electron chi connectivity index (χ4n) is 2.98. The third-order valence-electron chi connectivity index (χ3n) is 4.19. The van der Waals surface area contributed by atoms with Crippen molar-refractivity contribution < 1.29 is 19.1 Å². The Morgan fingerprint density at radius 2 is 1.92 bits per heavy atom. The summed E-state index contributed by atoms with van der Waals surface area (Å²) in [5.41, 5.74) is -0.878. The highest BCUT2D eigenvalue weighted by Gasteiger charge is 2.50. The number of fused-ring (bicyclic) bond motifs is 1. The summed E-state index contributed by atoms with van der Waals surface area (Å²) in [4.78, 5) is 26.6. The van der Waals surface area contributed by atoms with Crippen molar-refractivity contribution in [2.24, 2.45) is 0 Å². The molecular weight excluding hydrogens is 333 g/mol. The van der Waals surface area contributed by atoms with Crippen molar-refractivity contribution in [1.29, 1.82) is 0 Å². The zero-order valence-corrected chi connectivity index (χ0v) is 13.7. The van der Waals surface area contributed by atoms with E-state index < -0.39 is 29.5 Å². The lowest BCUT2D eigenvalue weighted by Gasteiger charge is -2.22. The van der Waals surface area contributed by atoms with Gasteiger partial charge in [0.2, 0.25) is 0 Å². The van der Waals surface area contributed by atoms with Crippen LogP contribution in [0, 0.1) is 5.82 Å². The Kier molecular flexibility index (Phi) is 4.15. The van der Waals surface area contributed by atoms with Crippen molar-refractivity contribution in [2.45, 2.75) is 18.9 Å². The number of carbonyl (C=O) groups is 2. The summed E-state index contributed by atoms with van der Waals surface area (Å²) in [5.74, 6) is -1.47. The number of likely N-dealkylation sites (N-methyl/N-ethyl adjacent to an activating group) is 1. The molecule has 2 aromatic carbocycles. The number of hydrogen-bond acceptors (Lipinski definition) is 3. The first kappa shape index (κ1) is 16.6. The van der Waals surface area contributed by atoms with Crippen LogP contribution in [0.2, 0.25) is 5.02 Å². The Morgan fingerprint density at radius 3 is 2.54 bits per heavy atom. The summed E-state index contributed by atoms with van der Waals surface area (Å²) < 4.78 is 13.0. The molecular formula is C18H15ClFNO3. The van der Waals surface area contributed by atoms with Gasteiger partial charge in [-0.3, -0.25) is 9.59 Å². The van der Waals surface area contributed by atoms with Gasteiger partial charge in [0, 0.05) is 22.7 Å². The maximum atomic E-state index is 13.0. The lowest BCUT2D eigenvalue weighted by molar-refractivity contribution is -0.135. The van der Waals surface area contributed by atoms with Gasteiger partial charge in [0.1, 0.15) is 5.82 Å². The summed E-state index contributed by atoms with van der Waals surface area (Å²) in [6.07, 6.45) is -0.429. The van der Waals surface area contributed by atoms with Crippen molar-refractivity contribution in [3.63, 3.8) is 0 Å². The lowest BCUT2D eigenvalue weighted by atomic mass is 9.88. The maximum Gasteiger partial charge on any atom is 0.264 e. The van der Waals surface area contributed by atoms with Crippen LogP contribution >= 0.6 is 11.6 Å². The Labute approximate surface area is 143 Å². The second-order valence-electron chi connectivity index (χ2n) is 5.68. The van der Waals surface area contributed by atoms with Gasteiger partial charge in [-0.2, -0.15) is 0 Å². The Morgan fingerprint density at radius 1 is 1.25 bits per heavy atom. The number of carbonyl (C=O) groups excluding carboxylic acids is 2. The van der Waals surface area contributed by atoms with E-state index in [9.17, 15) is 19.1 Å². The number of ketones is 1. The molecule has 0 aliphatic carbocycles. The number of hydrogen-bond donors (Lipinski definition) is 1. The summed E-state index contributed by atoms with van der Waals surface area (Å²) in [5, 5.41) is 11.3. The van der Waals surface area contributed by atoms with Gasteiger partial charge >= 0.3 is 0 Å². The third-order valence-corrected chi connectivity index (χ3v) is 4.43. The van der Waals surface area contributed by atoms with E-state index in [2.05, 4.69) is 0 Å². The number of anilines is 1. The van der Waals surface area contributed by atoms with E-state index in [1.165, 1.54) is 23.1 Å². The first-order valence-electron chi connectivity index (χ1n) is 7.50. The Balaban J connectivity index is 2.00. The van der Waals surface area contributed by atoms with Crippen LogP contribution in [-0.2, 0) is 10.4 Å². The molecule has 0 radical (unpaired) electrons. The highest BCUT2D eigenvalue weighted by Crippen LogP contribution is 2.43. The van der Waals surface area contributed by atoms with Gasteiger partial charge in [-0.1, -0.05) is 11.6 Å². The smallest absolute Gasteiger partial charge is 0.264 e. The summed E-state index contributed by atoms with van der Waals surface area (Å²) in [6.45, 7) is 2.14. The molecule has 1 amide bonds. The molecule has 0 bridgehead atoms. The molecule has 0 fully saturated rings. The predicted molar refractivity (Wildman–Crippen MR) is 88.7 cm³/mol. The fraction of sp³-hybridized carbons (Fsp3) is 0.222. The molecule has 1 heterocycles. The maximum absolute atomic E-state index is 13.0. The summed E-state index contributed by atoms with van der Waals surface area (Å²) in [6, 6.07) is 9.77. The molecule has 1 N–H and O–H groups in total. The second-order valence-corrected chi connectivity index (χ2v) is 6.11. The van der Waals surface area contributed by atoms with E-state index in [1.807, 2.05) is 0 Å². The second kappa shape index (κ2) is 6.00. The Hall–Kier alpha value is -2.24. The molecule has 0 aromatic heterocycles. The quantitative estimate of drug-likeness (QED) is 0.863. The van der Waals surface area contributed by atoms with Gasteiger partial charge in [-0.15, -0.1) is 0 Å². The molecule has 3 rings (SSSR count). The molecule has 0 saturated carbocycles. The number of Topliss-reactive ketones (excluding diaryl/α,β-unsaturated/α-hetero) is 1. The van der Waals surface area contributed by atoms with Crippen molar-refractivity contribution in [2.75, 3.05) is 11.4 Å². The molecule has 124 valence electrons. The van der Waals surface area contributed by atoms with Gasteiger partial charge in [-0.05, 0) is 49.4 Å². The predicted octanol–water partition coefficient (Wildman–Crippen LogP) is 3.31. The number of amides is 1. The van der Waals surface area contributed by atoms with Crippen molar-refractivity contribution in [3.05, 3.63) is 64.4 Å². The van der Waals surface area contributed by atoms with Gasteiger partial charge in [-0.25, -0.2) is 4.39 Å². The van der Waals surface area contributed by atoms with Crippen molar-refractivity contribution in [1.82, 2.24) is 0 Å². The van der Waals surface area contributed by atoms with Crippen LogP contribution in [0.4, 0.5) is 10.1 Å². The monoisotopic (exact) mass is 347 g/mol. The number of halogens is 2. The van der Waals surface area contributed by atoms with Gasteiger partial charge in [0.25, 0.3) is 5.91 Å². The van der Waals surface area contributed by atoms with Gasteiger partial charge in [0.15, 0.2) is 11.4 Å². The molecule has 24 heavy (non-hydrogen) atoms. The van der Waals surface area contributed by atoms with Crippen LogP contribution in [0.3, 0.4) is 0 Å². The highest BCUT2D eigenvalue weighted by atomic mass is 35.5. The van der Waals surface area contributed by atoms with Crippen LogP contribution < -0.4 is 4.90 Å². The minimum absolute atomic E-state index is 0.233. The third kappa shape index (κ3) is 2.60. The van der Waals surface area contributed by atoms with Crippen molar-refractivity contribution in [3.8, 4) is 0 Å². The van der Waals surface area contributed by atoms with Crippen LogP contribution in [-0.4, -0.2) is 23.3 Å². The molecule has 6 heteroatoms. The van der Waals surface area contributed by atoms with Gasteiger partial charge < -0.3 is 10.0 Å². The average molecular weight is 348 g/mol. The van der Waals surface area contributed by atoms with Crippen LogP contribution in [0.1, 0.15) is 29.3 Å². The van der Waals surface area contributed by atoms with E-state index in [0.29, 0.717) is 22.8 Å². The highest BCUT2D eigenvalue weighted by molar-refractivity contribution is 6.31. The minimum atomic E-state index is -1.97. The SMILES string of the molecule is CCN1C(=O)[C@](O)(CC(=O)c2ccc(F)cc2)c2cc(Cl)ccc21.